The third-order valence-corrected chi connectivity index (χ3v) is 5.82. The molecule has 0 amide bonds. The van der Waals surface area contributed by atoms with Gasteiger partial charge in [-0.3, -0.25) is 4.90 Å². The fourth-order valence-electron chi connectivity index (χ4n) is 3.38. The number of thiazole rings is 1. The first-order valence-electron chi connectivity index (χ1n) is 8.62. The Morgan fingerprint density at radius 2 is 1.89 bits per heavy atom. The number of hydrogen-bond acceptors (Lipinski definition) is 7. The summed E-state index contributed by atoms with van der Waals surface area (Å²) in [6.07, 6.45) is -3.49. The molecule has 1 aliphatic rings. The Bertz CT molecular complexity index is 965. The maximum Gasteiger partial charge on any atom is 0.573 e. The number of nitrogens with zero attached hydrogens (tertiary/aromatic N) is 5. The average Bonchev–Trinajstić information content (AvgIpc) is 3.21. The number of aromatic nitrogens is 3. The van der Waals surface area contributed by atoms with Crippen LogP contribution in [0.4, 0.5) is 13.2 Å². The molecule has 0 aliphatic carbocycles. The van der Waals surface area contributed by atoms with Crippen molar-refractivity contribution in [1.82, 2.24) is 24.4 Å². The molecule has 11 heteroatoms. The van der Waals surface area contributed by atoms with E-state index >= 15 is 0 Å². The van der Waals surface area contributed by atoms with Crippen LogP contribution in [-0.2, 0) is 0 Å². The first kappa shape index (κ1) is 19.0. The van der Waals surface area contributed by atoms with Crippen LogP contribution in [0.25, 0.3) is 4.96 Å². The van der Waals surface area contributed by atoms with E-state index in [1.165, 1.54) is 34.3 Å². The highest BCUT2D eigenvalue weighted by atomic mass is 32.1. The maximum absolute atomic E-state index is 13.0. The molecule has 0 spiro atoms. The van der Waals surface area contributed by atoms with Crippen LogP contribution >= 0.6 is 11.3 Å². The number of piperazine rings is 1. The molecular weight excluding hydrogens is 395 g/mol. The number of hydrogen-bond donors (Lipinski definition) is 1. The summed E-state index contributed by atoms with van der Waals surface area (Å²) in [7, 11) is 1.99. The second kappa shape index (κ2) is 7.22. The second-order valence-electron chi connectivity index (χ2n) is 6.57. The van der Waals surface area contributed by atoms with E-state index in [0.717, 1.165) is 13.1 Å². The fraction of sp³-hybridized carbons (Fsp3) is 0.412. The van der Waals surface area contributed by atoms with Gasteiger partial charge in [0.05, 0.1) is 10.9 Å². The zero-order chi connectivity index (χ0) is 19.9. The average molecular weight is 413 g/mol. The van der Waals surface area contributed by atoms with Crippen molar-refractivity contribution in [2.24, 2.45) is 0 Å². The molecule has 1 fully saturated rings. The van der Waals surface area contributed by atoms with Gasteiger partial charge < -0.3 is 14.7 Å². The summed E-state index contributed by atoms with van der Waals surface area (Å²) in [6, 6.07) is 5.43. The summed E-state index contributed by atoms with van der Waals surface area (Å²) in [5, 5.41) is 14.7. The Morgan fingerprint density at radius 1 is 1.18 bits per heavy atom. The van der Waals surface area contributed by atoms with E-state index in [9.17, 15) is 18.3 Å². The zero-order valence-electron chi connectivity index (χ0n) is 14.9. The maximum atomic E-state index is 13.0. The molecule has 1 aromatic carbocycles. The highest BCUT2D eigenvalue weighted by Gasteiger charge is 2.36. The van der Waals surface area contributed by atoms with Gasteiger partial charge in [0, 0.05) is 31.7 Å². The summed E-state index contributed by atoms with van der Waals surface area (Å²) in [5.41, 5.74) is 0.337. The van der Waals surface area contributed by atoms with Gasteiger partial charge >= 0.3 is 6.36 Å². The highest BCUT2D eigenvalue weighted by molar-refractivity contribution is 7.17. The van der Waals surface area contributed by atoms with E-state index in [-0.39, 0.29) is 11.6 Å². The number of aromatic hydroxyl groups is 1. The number of alkyl halides is 3. The van der Waals surface area contributed by atoms with E-state index in [4.69, 9.17) is 0 Å². The number of rotatable bonds is 4. The lowest BCUT2D eigenvalue weighted by molar-refractivity contribution is -0.275. The van der Waals surface area contributed by atoms with Crippen LogP contribution in [0.1, 0.15) is 16.5 Å². The van der Waals surface area contributed by atoms with Gasteiger partial charge in [-0.2, -0.15) is 9.61 Å². The van der Waals surface area contributed by atoms with E-state index in [0.29, 0.717) is 28.5 Å². The largest absolute Gasteiger partial charge is 0.573 e. The first-order valence-corrected chi connectivity index (χ1v) is 9.44. The van der Waals surface area contributed by atoms with Crippen molar-refractivity contribution in [1.29, 1.82) is 0 Å². The normalized spacial score (nSPS) is 17.9. The van der Waals surface area contributed by atoms with E-state index in [2.05, 4.69) is 19.7 Å². The quantitative estimate of drug-likeness (QED) is 0.710. The molecule has 3 heterocycles. The van der Waals surface area contributed by atoms with Gasteiger partial charge in [-0.1, -0.05) is 29.5 Å². The summed E-state index contributed by atoms with van der Waals surface area (Å²) in [4.78, 5) is 9.24. The van der Waals surface area contributed by atoms with Gasteiger partial charge in [0.25, 0.3) is 0 Å². The summed E-state index contributed by atoms with van der Waals surface area (Å²) >= 11 is 1.20. The van der Waals surface area contributed by atoms with E-state index in [1.807, 2.05) is 11.9 Å². The lowest BCUT2D eigenvalue weighted by Gasteiger charge is -2.38. The van der Waals surface area contributed by atoms with Gasteiger partial charge in [0.15, 0.2) is 0 Å². The third-order valence-electron chi connectivity index (χ3n) is 4.73. The Hall–Kier alpha value is -2.37. The first-order chi connectivity index (χ1) is 13.3. The van der Waals surface area contributed by atoms with Crippen molar-refractivity contribution in [3.63, 3.8) is 0 Å². The molecule has 0 bridgehead atoms. The SMILES string of the molecule is CN1CCN([C@H](c2ccccc2OC(F)(F)F)c2sc3ncnn3c2O)CC1. The molecule has 1 atom stereocenters. The van der Waals surface area contributed by atoms with Crippen molar-refractivity contribution in [3.8, 4) is 11.6 Å². The summed E-state index contributed by atoms with van der Waals surface area (Å²) in [6.45, 7) is 2.80. The molecule has 0 unspecified atom stereocenters. The number of benzene rings is 1. The molecule has 3 aromatic rings. The van der Waals surface area contributed by atoms with Crippen LogP contribution in [0.2, 0.25) is 0 Å². The number of halogens is 3. The van der Waals surface area contributed by atoms with Gasteiger partial charge in [-0.15, -0.1) is 13.2 Å². The summed E-state index contributed by atoms with van der Waals surface area (Å²) in [5.74, 6) is -0.402. The van der Waals surface area contributed by atoms with E-state index < -0.39 is 12.4 Å². The molecule has 1 aliphatic heterocycles. The van der Waals surface area contributed by atoms with Gasteiger partial charge in [0.1, 0.15) is 12.1 Å². The third kappa shape index (κ3) is 3.64. The topological polar surface area (TPSA) is 66.1 Å². The molecule has 1 saturated heterocycles. The van der Waals surface area contributed by atoms with Crippen LogP contribution in [-0.4, -0.2) is 69.1 Å². The molecule has 4 rings (SSSR count). The number of para-hydroxylation sites is 1. The molecule has 0 radical (unpaired) electrons. The Labute approximate surface area is 162 Å². The van der Waals surface area contributed by atoms with E-state index in [1.54, 1.807) is 12.1 Å². The van der Waals surface area contributed by atoms with Crippen molar-refractivity contribution in [2.45, 2.75) is 12.4 Å². The minimum atomic E-state index is -4.81. The molecule has 2 aromatic heterocycles. The van der Waals surface area contributed by atoms with Crippen molar-refractivity contribution in [3.05, 3.63) is 41.0 Å². The lowest BCUT2D eigenvalue weighted by atomic mass is 10.0. The lowest BCUT2D eigenvalue weighted by Crippen LogP contribution is -2.46. The molecule has 1 N–H and O–H groups in total. The van der Waals surface area contributed by atoms with Crippen LogP contribution in [0, 0.1) is 0 Å². The van der Waals surface area contributed by atoms with Gasteiger partial charge in [-0.05, 0) is 13.1 Å². The van der Waals surface area contributed by atoms with Crippen LogP contribution < -0.4 is 4.74 Å². The standard InChI is InChI=1S/C17H18F3N5O2S/c1-23-6-8-24(9-7-23)13(14-15(26)25-16(28-14)21-10-22-25)11-4-2-3-5-12(11)27-17(18,19)20/h2-5,10,13,26H,6-9H2,1H3/t13-/m1/s1. The predicted molar refractivity (Wildman–Crippen MR) is 96.6 cm³/mol. The smallest absolute Gasteiger partial charge is 0.492 e. The number of likely N-dealkylation sites (N-methyl/N-ethyl adjacent to an activating group) is 1. The predicted octanol–water partition coefficient (Wildman–Crippen LogP) is 2.73. The monoisotopic (exact) mass is 413 g/mol. The second-order valence-corrected chi connectivity index (χ2v) is 7.58. The Kier molecular flexibility index (Phi) is 4.89. The zero-order valence-corrected chi connectivity index (χ0v) is 15.7. The highest BCUT2D eigenvalue weighted by Crippen LogP contribution is 2.43. The molecule has 0 saturated carbocycles. The minimum absolute atomic E-state index is 0.122. The fourth-order valence-corrected chi connectivity index (χ4v) is 4.46. The van der Waals surface area contributed by atoms with Crippen LogP contribution in [0.15, 0.2) is 30.6 Å². The summed E-state index contributed by atoms with van der Waals surface area (Å²) < 4.78 is 44.5. The molecular formula is C17H18F3N5O2S. The minimum Gasteiger partial charge on any atom is -0.492 e. The van der Waals surface area contributed by atoms with Crippen molar-refractivity contribution >= 4 is 16.3 Å². The van der Waals surface area contributed by atoms with Gasteiger partial charge in [-0.25, -0.2) is 4.98 Å². The number of fused-ring (bicyclic) bond motifs is 1. The molecule has 7 nitrogen and oxygen atoms in total. The van der Waals surface area contributed by atoms with Crippen LogP contribution in [0.3, 0.4) is 0 Å². The molecule has 28 heavy (non-hydrogen) atoms. The Balaban J connectivity index is 1.82. The van der Waals surface area contributed by atoms with Crippen molar-refractivity contribution < 1.29 is 23.0 Å². The van der Waals surface area contributed by atoms with Gasteiger partial charge in [0.2, 0.25) is 10.8 Å². The Morgan fingerprint density at radius 3 is 2.57 bits per heavy atom. The molecule has 150 valence electrons. The van der Waals surface area contributed by atoms with Crippen molar-refractivity contribution in [2.75, 3.05) is 33.2 Å². The number of ether oxygens (including phenoxy) is 1. The van der Waals surface area contributed by atoms with Crippen LogP contribution in [0.5, 0.6) is 11.6 Å².